The standard InChI is InChI=1S/C14H20/c1-11(2)10-14(13-8-9-13)12-6-4-3-5-7-12/h3-7,11,13-14H,8-10H2,1-2H3. The molecule has 1 aromatic carbocycles. The van der Waals surface area contributed by atoms with Crippen LogP contribution in [0.15, 0.2) is 30.3 Å². The highest BCUT2D eigenvalue weighted by atomic mass is 14.4. The smallest absolute Gasteiger partial charge is 0.0131 e. The van der Waals surface area contributed by atoms with Crippen LogP contribution in [0.25, 0.3) is 0 Å². The van der Waals surface area contributed by atoms with Crippen LogP contribution >= 0.6 is 0 Å². The Labute approximate surface area is 87.3 Å². The first-order chi connectivity index (χ1) is 6.77. The van der Waals surface area contributed by atoms with E-state index in [1.165, 1.54) is 19.3 Å². The van der Waals surface area contributed by atoms with Gasteiger partial charge < -0.3 is 0 Å². The van der Waals surface area contributed by atoms with Gasteiger partial charge in [-0.2, -0.15) is 0 Å². The fraction of sp³-hybridized carbons (Fsp3) is 0.571. The highest BCUT2D eigenvalue weighted by Crippen LogP contribution is 2.45. The molecule has 0 spiro atoms. The normalized spacial score (nSPS) is 18.5. The van der Waals surface area contributed by atoms with Gasteiger partial charge in [-0.1, -0.05) is 44.2 Å². The summed E-state index contributed by atoms with van der Waals surface area (Å²) in [5.74, 6) is 2.64. The van der Waals surface area contributed by atoms with Crippen LogP contribution in [0.1, 0.15) is 44.6 Å². The van der Waals surface area contributed by atoms with E-state index < -0.39 is 0 Å². The van der Waals surface area contributed by atoms with E-state index in [1.807, 2.05) is 0 Å². The lowest BCUT2D eigenvalue weighted by atomic mass is 9.86. The van der Waals surface area contributed by atoms with Gasteiger partial charge >= 0.3 is 0 Å². The van der Waals surface area contributed by atoms with Gasteiger partial charge in [0.15, 0.2) is 0 Å². The van der Waals surface area contributed by atoms with E-state index >= 15 is 0 Å². The lowest BCUT2D eigenvalue weighted by molar-refractivity contribution is 0.462. The molecule has 1 unspecified atom stereocenters. The Balaban J connectivity index is 2.10. The molecule has 0 heteroatoms. The van der Waals surface area contributed by atoms with Crippen molar-refractivity contribution in [3.63, 3.8) is 0 Å². The highest BCUT2D eigenvalue weighted by molar-refractivity contribution is 5.21. The Morgan fingerprint density at radius 2 is 1.79 bits per heavy atom. The molecule has 1 aliphatic rings. The van der Waals surface area contributed by atoms with Crippen molar-refractivity contribution in [2.24, 2.45) is 11.8 Å². The zero-order chi connectivity index (χ0) is 9.97. The third kappa shape index (κ3) is 2.37. The van der Waals surface area contributed by atoms with Crippen LogP contribution in [0.5, 0.6) is 0 Å². The minimum absolute atomic E-state index is 0.820. The Morgan fingerprint density at radius 1 is 1.14 bits per heavy atom. The second-order valence-corrected chi connectivity index (χ2v) is 4.98. The molecule has 1 aliphatic carbocycles. The van der Waals surface area contributed by atoms with Gasteiger partial charge in [0.2, 0.25) is 0 Å². The van der Waals surface area contributed by atoms with Gasteiger partial charge in [0.05, 0.1) is 0 Å². The molecule has 1 saturated carbocycles. The van der Waals surface area contributed by atoms with Crippen molar-refractivity contribution in [1.29, 1.82) is 0 Å². The van der Waals surface area contributed by atoms with Crippen LogP contribution in [-0.4, -0.2) is 0 Å². The van der Waals surface area contributed by atoms with Crippen molar-refractivity contribution in [3.05, 3.63) is 35.9 Å². The molecule has 2 rings (SSSR count). The minimum atomic E-state index is 0.820. The molecule has 0 amide bonds. The van der Waals surface area contributed by atoms with E-state index in [0.717, 1.165) is 17.8 Å². The van der Waals surface area contributed by atoms with E-state index in [2.05, 4.69) is 44.2 Å². The summed E-state index contributed by atoms with van der Waals surface area (Å²) in [6, 6.07) is 11.1. The molecule has 0 bridgehead atoms. The number of rotatable bonds is 4. The topological polar surface area (TPSA) is 0 Å². The first-order valence-corrected chi connectivity index (χ1v) is 5.82. The molecular weight excluding hydrogens is 168 g/mol. The van der Waals surface area contributed by atoms with Gasteiger partial charge in [-0.25, -0.2) is 0 Å². The summed E-state index contributed by atoms with van der Waals surface area (Å²) >= 11 is 0. The molecule has 1 atom stereocenters. The fourth-order valence-electron chi connectivity index (χ4n) is 2.31. The first kappa shape index (κ1) is 9.76. The highest BCUT2D eigenvalue weighted by Gasteiger charge is 2.32. The van der Waals surface area contributed by atoms with Crippen molar-refractivity contribution in [1.82, 2.24) is 0 Å². The fourth-order valence-corrected chi connectivity index (χ4v) is 2.31. The molecule has 0 nitrogen and oxygen atoms in total. The maximum atomic E-state index is 2.33. The Morgan fingerprint density at radius 3 is 2.29 bits per heavy atom. The molecule has 0 aromatic heterocycles. The molecule has 0 radical (unpaired) electrons. The Kier molecular flexibility index (Phi) is 2.90. The number of hydrogen-bond donors (Lipinski definition) is 0. The third-order valence-electron chi connectivity index (χ3n) is 3.14. The maximum absolute atomic E-state index is 2.33. The largest absolute Gasteiger partial charge is 0.0628 e. The summed E-state index contributed by atoms with van der Waals surface area (Å²) < 4.78 is 0. The molecular formula is C14H20. The summed E-state index contributed by atoms with van der Waals surface area (Å²) in [6.45, 7) is 4.66. The van der Waals surface area contributed by atoms with E-state index in [9.17, 15) is 0 Å². The monoisotopic (exact) mass is 188 g/mol. The van der Waals surface area contributed by atoms with E-state index in [0.29, 0.717) is 0 Å². The van der Waals surface area contributed by atoms with Crippen molar-refractivity contribution < 1.29 is 0 Å². The average Bonchev–Trinajstić information content (AvgIpc) is 2.99. The average molecular weight is 188 g/mol. The van der Waals surface area contributed by atoms with Crippen molar-refractivity contribution >= 4 is 0 Å². The van der Waals surface area contributed by atoms with Crippen molar-refractivity contribution in [2.45, 2.75) is 39.0 Å². The molecule has 76 valence electrons. The van der Waals surface area contributed by atoms with Gasteiger partial charge in [0.1, 0.15) is 0 Å². The third-order valence-corrected chi connectivity index (χ3v) is 3.14. The lowest BCUT2D eigenvalue weighted by Crippen LogP contribution is -2.04. The van der Waals surface area contributed by atoms with Crippen LogP contribution in [0.3, 0.4) is 0 Å². The van der Waals surface area contributed by atoms with Crippen LogP contribution in [0.4, 0.5) is 0 Å². The van der Waals surface area contributed by atoms with Gasteiger partial charge in [-0.05, 0) is 42.6 Å². The van der Waals surface area contributed by atoms with Gasteiger partial charge in [-0.3, -0.25) is 0 Å². The second-order valence-electron chi connectivity index (χ2n) is 4.98. The molecule has 0 heterocycles. The van der Waals surface area contributed by atoms with E-state index in [4.69, 9.17) is 0 Å². The van der Waals surface area contributed by atoms with Crippen molar-refractivity contribution in [3.8, 4) is 0 Å². The van der Waals surface area contributed by atoms with E-state index in [1.54, 1.807) is 5.56 Å². The van der Waals surface area contributed by atoms with Gasteiger partial charge in [-0.15, -0.1) is 0 Å². The number of hydrogen-bond acceptors (Lipinski definition) is 0. The van der Waals surface area contributed by atoms with Crippen molar-refractivity contribution in [2.75, 3.05) is 0 Å². The molecule has 1 fully saturated rings. The molecule has 0 N–H and O–H groups in total. The summed E-state index contributed by atoms with van der Waals surface area (Å²) in [7, 11) is 0. The van der Waals surface area contributed by atoms with Crippen LogP contribution in [-0.2, 0) is 0 Å². The Hall–Kier alpha value is -0.780. The molecule has 14 heavy (non-hydrogen) atoms. The second kappa shape index (κ2) is 4.16. The van der Waals surface area contributed by atoms with E-state index in [-0.39, 0.29) is 0 Å². The minimum Gasteiger partial charge on any atom is -0.0628 e. The predicted molar refractivity (Wildman–Crippen MR) is 61.4 cm³/mol. The number of benzene rings is 1. The maximum Gasteiger partial charge on any atom is -0.0131 e. The SMILES string of the molecule is CC(C)CC(c1ccccc1)C1CC1. The Bertz CT molecular complexity index is 269. The van der Waals surface area contributed by atoms with Crippen LogP contribution in [0.2, 0.25) is 0 Å². The lowest BCUT2D eigenvalue weighted by Gasteiger charge is -2.18. The van der Waals surface area contributed by atoms with Crippen LogP contribution < -0.4 is 0 Å². The summed E-state index contributed by atoms with van der Waals surface area (Å²) in [5, 5.41) is 0. The zero-order valence-electron chi connectivity index (χ0n) is 9.24. The predicted octanol–water partition coefficient (Wildman–Crippen LogP) is 4.23. The van der Waals surface area contributed by atoms with Gasteiger partial charge in [0, 0.05) is 0 Å². The molecule has 0 saturated heterocycles. The summed E-state index contributed by atoms with van der Waals surface area (Å²) in [5.41, 5.74) is 1.56. The van der Waals surface area contributed by atoms with Gasteiger partial charge in [0.25, 0.3) is 0 Å². The molecule has 1 aromatic rings. The molecule has 0 aliphatic heterocycles. The summed E-state index contributed by atoms with van der Waals surface area (Å²) in [4.78, 5) is 0. The zero-order valence-corrected chi connectivity index (χ0v) is 9.24. The summed E-state index contributed by atoms with van der Waals surface area (Å²) in [6.07, 6.45) is 4.26. The quantitative estimate of drug-likeness (QED) is 0.663. The first-order valence-electron chi connectivity index (χ1n) is 5.82. The van der Waals surface area contributed by atoms with Crippen LogP contribution in [0, 0.1) is 11.8 Å².